The molecule has 0 saturated heterocycles. The Bertz CT molecular complexity index is 386. The van der Waals surface area contributed by atoms with Crippen LogP contribution in [-0.4, -0.2) is 10.7 Å². The van der Waals surface area contributed by atoms with Crippen LogP contribution in [0, 0.1) is 11.2 Å². The second-order valence-electron chi connectivity index (χ2n) is 5.58. The topological polar surface area (TPSA) is 20.2 Å². The first kappa shape index (κ1) is 11.6. The molecule has 2 rings (SSSR count). The van der Waals surface area contributed by atoms with Crippen LogP contribution in [0.15, 0.2) is 24.3 Å². The van der Waals surface area contributed by atoms with E-state index in [-0.39, 0.29) is 11.2 Å². The maximum absolute atomic E-state index is 13.1. The number of rotatable bonds is 2. The van der Waals surface area contributed by atoms with Gasteiger partial charge in [0.2, 0.25) is 0 Å². The van der Waals surface area contributed by atoms with E-state index in [0.717, 1.165) is 24.8 Å². The third-order valence-corrected chi connectivity index (χ3v) is 4.04. The van der Waals surface area contributed by atoms with Gasteiger partial charge >= 0.3 is 0 Å². The first-order chi connectivity index (χ1) is 7.43. The molecule has 0 bridgehead atoms. The van der Waals surface area contributed by atoms with Crippen molar-refractivity contribution in [1.29, 1.82) is 0 Å². The minimum atomic E-state index is -0.680. The maximum atomic E-state index is 13.1. The van der Waals surface area contributed by atoms with E-state index in [1.165, 1.54) is 12.1 Å². The summed E-state index contributed by atoms with van der Waals surface area (Å²) in [7, 11) is 0. The second kappa shape index (κ2) is 3.85. The summed E-state index contributed by atoms with van der Waals surface area (Å²) in [5.74, 6) is -0.225. The lowest BCUT2D eigenvalue weighted by Crippen LogP contribution is -2.41. The summed E-state index contributed by atoms with van der Waals surface area (Å²) in [6.07, 6.45) is 3.46. The van der Waals surface area contributed by atoms with Crippen molar-refractivity contribution in [2.24, 2.45) is 5.41 Å². The molecular weight excluding hydrogens is 203 g/mol. The highest BCUT2D eigenvalue weighted by Crippen LogP contribution is 2.47. The average molecular weight is 222 g/mol. The molecule has 0 spiro atoms. The van der Waals surface area contributed by atoms with Gasteiger partial charge in [-0.15, -0.1) is 0 Å². The third-order valence-electron chi connectivity index (χ3n) is 4.04. The zero-order valence-corrected chi connectivity index (χ0v) is 9.96. The van der Waals surface area contributed by atoms with Gasteiger partial charge in [-0.1, -0.05) is 26.0 Å². The zero-order chi connectivity index (χ0) is 11.8. The van der Waals surface area contributed by atoms with Crippen LogP contribution in [0.25, 0.3) is 0 Å². The number of benzene rings is 1. The van der Waals surface area contributed by atoms with E-state index >= 15 is 0 Å². The lowest BCUT2D eigenvalue weighted by molar-refractivity contribution is -0.0419. The number of aliphatic hydroxyl groups is 1. The van der Waals surface area contributed by atoms with Gasteiger partial charge in [-0.25, -0.2) is 4.39 Å². The van der Waals surface area contributed by atoms with Gasteiger partial charge in [0.25, 0.3) is 0 Å². The first-order valence-electron chi connectivity index (χ1n) is 5.90. The smallest absolute Gasteiger partial charge is 0.123 e. The average Bonchev–Trinajstić information content (AvgIpc) is 2.41. The molecule has 88 valence electrons. The molecule has 1 atom stereocenters. The van der Waals surface area contributed by atoms with Gasteiger partial charge in [-0.2, -0.15) is 0 Å². The Balaban J connectivity index is 2.21. The Hall–Kier alpha value is -0.890. The highest BCUT2D eigenvalue weighted by molar-refractivity contribution is 5.20. The Morgan fingerprint density at radius 2 is 2.06 bits per heavy atom. The Morgan fingerprint density at radius 3 is 2.62 bits per heavy atom. The van der Waals surface area contributed by atoms with Gasteiger partial charge in [-0.3, -0.25) is 0 Å². The number of hydrogen-bond acceptors (Lipinski definition) is 1. The molecule has 0 heterocycles. The van der Waals surface area contributed by atoms with Gasteiger partial charge in [0.15, 0.2) is 0 Å². The van der Waals surface area contributed by atoms with E-state index in [9.17, 15) is 9.50 Å². The second-order valence-corrected chi connectivity index (χ2v) is 5.58. The molecule has 0 radical (unpaired) electrons. The molecule has 1 aliphatic carbocycles. The van der Waals surface area contributed by atoms with Crippen LogP contribution in [0.3, 0.4) is 0 Å². The van der Waals surface area contributed by atoms with Crippen molar-refractivity contribution in [3.8, 4) is 0 Å². The SMILES string of the molecule is CC1(C)CCCC1(O)Cc1cccc(F)c1. The van der Waals surface area contributed by atoms with Crippen molar-refractivity contribution in [3.05, 3.63) is 35.6 Å². The lowest BCUT2D eigenvalue weighted by atomic mass is 9.74. The van der Waals surface area contributed by atoms with Crippen LogP contribution in [0.1, 0.15) is 38.7 Å². The van der Waals surface area contributed by atoms with Crippen molar-refractivity contribution in [1.82, 2.24) is 0 Å². The van der Waals surface area contributed by atoms with Gasteiger partial charge in [-0.05, 0) is 42.4 Å². The molecule has 1 nitrogen and oxygen atoms in total. The molecule has 1 aromatic carbocycles. The minimum absolute atomic E-state index is 0.0701. The fourth-order valence-corrected chi connectivity index (χ4v) is 2.71. The molecule has 1 aromatic rings. The van der Waals surface area contributed by atoms with Crippen molar-refractivity contribution >= 4 is 0 Å². The number of halogens is 1. The van der Waals surface area contributed by atoms with Crippen LogP contribution in [0.5, 0.6) is 0 Å². The van der Waals surface area contributed by atoms with Gasteiger partial charge in [0.1, 0.15) is 5.82 Å². The van der Waals surface area contributed by atoms with E-state index in [1.807, 2.05) is 6.07 Å². The molecule has 0 aromatic heterocycles. The summed E-state index contributed by atoms with van der Waals surface area (Å²) < 4.78 is 13.1. The van der Waals surface area contributed by atoms with Gasteiger partial charge in [0, 0.05) is 6.42 Å². The largest absolute Gasteiger partial charge is 0.389 e. The van der Waals surface area contributed by atoms with Crippen LogP contribution in [0.4, 0.5) is 4.39 Å². The first-order valence-corrected chi connectivity index (χ1v) is 5.90. The van der Waals surface area contributed by atoms with Crippen LogP contribution >= 0.6 is 0 Å². The minimum Gasteiger partial charge on any atom is -0.389 e. The fraction of sp³-hybridized carbons (Fsp3) is 0.571. The van der Waals surface area contributed by atoms with E-state index < -0.39 is 5.60 Å². The Morgan fingerprint density at radius 1 is 1.31 bits per heavy atom. The van der Waals surface area contributed by atoms with Crippen molar-refractivity contribution < 1.29 is 9.50 Å². The molecular formula is C14H19FO. The van der Waals surface area contributed by atoms with Crippen molar-refractivity contribution in [2.75, 3.05) is 0 Å². The quantitative estimate of drug-likeness (QED) is 0.814. The van der Waals surface area contributed by atoms with Crippen molar-refractivity contribution in [3.63, 3.8) is 0 Å². The molecule has 1 N–H and O–H groups in total. The predicted octanol–water partition coefficient (Wildman–Crippen LogP) is 3.31. The normalized spacial score (nSPS) is 28.2. The molecule has 1 unspecified atom stereocenters. The molecule has 0 aliphatic heterocycles. The molecule has 16 heavy (non-hydrogen) atoms. The standard InChI is InChI=1S/C14H19FO/c1-13(2)7-4-8-14(13,16)10-11-5-3-6-12(15)9-11/h3,5-6,9,16H,4,7-8,10H2,1-2H3. The summed E-state index contributed by atoms with van der Waals surface area (Å²) >= 11 is 0. The van der Waals surface area contributed by atoms with Crippen LogP contribution in [0.2, 0.25) is 0 Å². The Labute approximate surface area is 96.3 Å². The van der Waals surface area contributed by atoms with Gasteiger partial charge in [0.05, 0.1) is 5.60 Å². The molecule has 1 saturated carbocycles. The number of hydrogen-bond donors (Lipinski definition) is 1. The maximum Gasteiger partial charge on any atom is 0.123 e. The summed E-state index contributed by atoms with van der Waals surface area (Å²) in [4.78, 5) is 0. The van der Waals surface area contributed by atoms with E-state index in [2.05, 4.69) is 13.8 Å². The van der Waals surface area contributed by atoms with Crippen molar-refractivity contribution in [2.45, 2.75) is 45.1 Å². The highest BCUT2D eigenvalue weighted by atomic mass is 19.1. The monoisotopic (exact) mass is 222 g/mol. The zero-order valence-electron chi connectivity index (χ0n) is 9.96. The van der Waals surface area contributed by atoms with Gasteiger partial charge < -0.3 is 5.11 Å². The lowest BCUT2D eigenvalue weighted by Gasteiger charge is -2.37. The molecule has 1 fully saturated rings. The highest BCUT2D eigenvalue weighted by Gasteiger charge is 2.47. The fourth-order valence-electron chi connectivity index (χ4n) is 2.71. The summed E-state index contributed by atoms with van der Waals surface area (Å²) in [5, 5.41) is 10.6. The van der Waals surface area contributed by atoms with E-state index in [4.69, 9.17) is 0 Å². The predicted molar refractivity (Wildman–Crippen MR) is 62.7 cm³/mol. The molecule has 0 amide bonds. The van der Waals surface area contributed by atoms with E-state index in [1.54, 1.807) is 6.07 Å². The van der Waals surface area contributed by atoms with Crippen LogP contribution in [-0.2, 0) is 6.42 Å². The Kier molecular flexibility index (Phi) is 2.79. The molecule has 1 aliphatic rings. The third kappa shape index (κ3) is 1.99. The van der Waals surface area contributed by atoms with Crippen LogP contribution < -0.4 is 0 Å². The van der Waals surface area contributed by atoms with E-state index in [0.29, 0.717) is 6.42 Å². The summed E-state index contributed by atoms with van der Waals surface area (Å²) in [6, 6.07) is 6.55. The summed E-state index contributed by atoms with van der Waals surface area (Å²) in [5.41, 5.74) is 0.137. The molecule has 2 heteroatoms. The summed E-state index contributed by atoms with van der Waals surface area (Å²) in [6.45, 7) is 4.19.